The number of benzene rings is 2. The number of likely N-dealkylation sites (tertiary alicyclic amines) is 1. The van der Waals surface area contributed by atoms with Gasteiger partial charge in [0, 0.05) is 35.5 Å². The van der Waals surface area contributed by atoms with Crippen LogP contribution in [0.5, 0.6) is 0 Å². The Bertz CT molecular complexity index is 1370. The van der Waals surface area contributed by atoms with Crippen molar-refractivity contribution in [2.24, 2.45) is 4.99 Å². The van der Waals surface area contributed by atoms with E-state index in [1.165, 1.54) is 18.2 Å². The topological polar surface area (TPSA) is 34.1 Å². The van der Waals surface area contributed by atoms with Crippen molar-refractivity contribution in [3.05, 3.63) is 59.3 Å². The number of hydrogen-bond acceptors (Lipinski definition) is 4. The minimum Gasteiger partial charge on any atom is -0.399 e. The van der Waals surface area contributed by atoms with Gasteiger partial charge in [0.2, 0.25) is 0 Å². The molecule has 200 valence electrons. The van der Waals surface area contributed by atoms with Gasteiger partial charge in [-0.05, 0) is 87.9 Å². The van der Waals surface area contributed by atoms with Gasteiger partial charge in [0.15, 0.2) is 0 Å². The van der Waals surface area contributed by atoms with Gasteiger partial charge in [-0.25, -0.2) is 0 Å². The number of aliphatic imine (C=N–C) groups is 1. The summed E-state index contributed by atoms with van der Waals surface area (Å²) in [5, 5.41) is 0. The summed E-state index contributed by atoms with van der Waals surface area (Å²) in [7, 11) is 1.12. The summed E-state index contributed by atoms with van der Waals surface area (Å²) < 4.78 is 74.3. The summed E-state index contributed by atoms with van der Waals surface area (Å²) in [6, 6.07) is 8.92. The summed E-state index contributed by atoms with van der Waals surface area (Å²) in [4.78, 5) is 6.80. The van der Waals surface area contributed by atoms with Gasteiger partial charge >= 0.3 is 19.0 Å². The second kappa shape index (κ2) is 8.26. The van der Waals surface area contributed by atoms with E-state index in [1.54, 1.807) is 18.3 Å². The van der Waals surface area contributed by atoms with Crippen molar-refractivity contribution in [1.29, 1.82) is 0 Å². The second-order valence-corrected chi connectivity index (χ2v) is 11.9. The molecule has 2 aromatic carbocycles. The van der Waals surface area contributed by atoms with Crippen LogP contribution in [0.4, 0.5) is 17.6 Å². The van der Waals surface area contributed by atoms with Crippen LogP contribution in [0.3, 0.4) is 0 Å². The Morgan fingerprint density at radius 3 is 2.11 bits per heavy atom. The monoisotopic (exact) mass is 526 g/mol. The van der Waals surface area contributed by atoms with E-state index in [0.29, 0.717) is 12.0 Å². The molecule has 3 aliphatic heterocycles. The van der Waals surface area contributed by atoms with Crippen molar-refractivity contribution in [1.82, 2.24) is 4.90 Å². The molecule has 9 heteroatoms. The van der Waals surface area contributed by atoms with Gasteiger partial charge in [0.25, 0.3) is 0 Å². The first-order valence-corrected chi connectivity index (χ1v) is 13.1. The SMILES string of the molecule is CN1CCCC1C1=NC=C(c2ccc3c(c2)C(F)(F)C(F)(F)c2cc(B4OC(C)(C)C(C)(C)O4)ccc2-3)C1. The second-order valence-electron chi connectivity index (χ2n) is 11.9. The number of alkyl halides is 4. The Hall–Kier alpha value is -2.49. The van der Waals surface area contributed by atoms with Crippen molar-refractivity contribution in [3.8, 4) is 11.1 Å². The first-order chi connectivity index (χ1) is 17.7. The standard InChI is InChI=1S/C29H31BF4N2O2/c1-26(2)27(3,4)38-30(37-26)19-9-11-21-20-10-8-17(13-22(20)28(31,32)29(33,34)23(21)15-19)18-14-24(35-16-18)25-7-6-12-36(25)5/h8-11,13,15-16,25H,6-7,12,14H2,1-5H3. The fourth-order valence-corrected chi connectivity index (χ4v) is 5.92. The van der Waals surface area contributed by atoms with Gasteiger partial charge in [-0.1, -0.05) is 30.3 Å². The summed E-state index contributed by atoms with van der Waals surface area (Å²) in [6.45, 7) is 8.39. The summed E-state index contributed by atoms with van der Waals surface area (Å²) in [5.41, 5.74) is -0.00840. The zero-order valence-corrected chi connectivity index (χ0v) is 22.2. The first-order valence-electron chi connectivity index (χ1n) is 13.1. The third kappa shape index (κ3) is 3.65. The van der Waals surface area contributed by atoms with Crippen LogP contribution in [-0.2, 0) is 21.2 Å². The minimum absolute atomic E-state index is 0.0904. The summed E-state index contributed by atoms with van der Waals surface area (Å²) in [5.74, 6) is -8.81. The van der Waals surface area contributed by atoms with Crippen LogP contribution in [0.2, 0.25) is 0 Å². The van der Waals surface area contributed by atoms with Crippen LogP contribution < -0.4 is 5.46 Å². The molecule has 4 aliphatic rings. The molecule has 6 rings (SSSR count). The predicted molar refractivity (Wildman–Crippen MR) is 141 cm³/mol. The van der Waals surface area contributed by atoms with Crippen LogP contribution in [-0.4, -0.2) is 48.6 Å². The maximum Gasteiger partial charge on any atom is 0.494 e. The minimum atomic E-state index is -4.41. The Morgan fingerprint density at radius 2 is 1.50 bits per heavy atom. The van der Waals surface area contributed by atoms with Crippen molar-refractivity contribution in [2.45, 2.75) is 76.0 Å². The van der Waals surface area contributed by atoms with Crippen LogP contribution in [0.15, 0.2) is 47.6 Å². The third-order valence-corrected chi connectivity index (χ3v) is 8.98. The highest BCUT2D eigenvalue weighted by Crippen LogP contribution is 2.58. The molecule has 0 saturated carbocycles. The molecule has 3 heterocycles. The number of nitrogens with zero attached hydrogens (tertiary/aromatic N) is 2. The van der Waals surface area contributed by atoms with E-state index in [0.717, 1.165) is 36.7 Å². The fraction of sp³-hybridized carbons (Fsp3) is 0.483. The number of hydrogen-bond donors (Lipinski definition) is 0. The zero-order valence-electron chi connectivity index (χ0n) is 22.2. The van der Waals surface area contributed by atoms with Crippen LogP contribution in [0, 0.1) is 0 Å². The van der Waals surface area contributed by atoms with Gasteiger partial charge in [0.1, 0.15) is 0 Å². The lowest BCUT2D eigenvalue weighted by atomic mass is 9.73. The smallest absolute Gasteiger partial charge is 0.399 e. The Morgan fingerprint density at radius 1 is 0.895 bits per heavy atom. The summed E-state index contributed by atoms with van der Waals surface area (Å²) >= 11 is 0. The van der Waals surface area contributed by atoms with Crippen LogP contribution in [0.1, 0.15) is 63.6 Å². The van der Waals surface area contributed by atoms with Crippen LogP contribution >= 0.6 is 0 Å². The lowest BCUT2D eigenvalue weighted by Crippen LogP contribution is -2.42. The highest BCUT2D eigenvalue weighted by Gasteiger charge is 2.63. The maximum atomic E-state index is 15.6. The number of halogens is 4. The Balaban J connectivity index is 1.35. The van der Waals surface area contributed by atoms with Gasteiger partial charge in [-0.2, -0.15) is 17.6 Å². The molecule has 1 aliphatic carbocycles. The molecule has 0 aromatic heterocycles. The molecule has 4 nitrogen and oxygen atoms in total. The number of fused-ring (bicyclic) bond motifs is 3. The highest BCUT2D eigenvalue weighted by atomic mass is 19.3. The number of rotatable bonds is 3. The van der Waals surface area contributed by atoms with Gasteiger partial charge in [-0.3, -0.25) is 9.89 Å². The van der Waals surface area contributed by atoms with Gasteiger partial charge < -0.3 is 9.31 Å². The molecule has 1 unspecified atom stereocenters. The van der Waals surface area contributed by atoms with Crippen molar-refractivity contribution in [2.75, 3.05) is 13.6 Å². The first kappa shape index (κ1) is 25.8. The predicted octanol–water partition coefficient (Wildman–Crippen LogP) is 6.13. The van der Waals surface area contributed by atoms with E-state index in [9.17, 15) is 0 Å². The van der Waals surface area contributed by atoms with E-state index >= 15 is 17.6 Å². The molecule has 0 spiro atoms. The summed E-state index contributed by atoms with van der Waals surface area (Å²) in [6.07, 6.45) is 4.32. The molecule has 0 amide bonds. The largest absolute Gasteiger partial charge is 0.494 e. The maximum absolute atomic E-state index is 15.6. The van der Waals surface area contributed by atoms with Gasteiger partial charge in [-0.15, -0.1) is 0 Å². The Kier molecular flexibility index (Phi) is 5.60. The quantitative estimate of drug-likeness (QED) is 0.357. The van der Waals surface area contributed by atoms with E-state index in [2.05, 4.69) is 16.9 Å². The van der Waals surface area contributed by atoms with Crippen LogP contribution in [0.25, 0.3) is 16.7 Å². The molecule has 2 aromatic rings. The average molecular weight is 526 g/mol. The van der Waals surface area contributed by atoms with E-state index < -0.39 is 41.3 Å². The molecule has 1 atom stereocenters. The normalized spacial score (nSPS) is 26.7. The zero-order chi connectivity index (χ0) is 27.3. The van der Waals surface area contributed by atoms with Crippen molar-refractivity contribution in [3.63, 3.8) is 0 Å². The molecule has 2 fully saturated rings. The number of allylic oxidation sites excluding steroid dienone is 1. The average Bonchev–Trinajstić information content (AvgIpc) is 3.55. The van der Waals surface area contributed by atoms with Gasteiger partial charge in [0.05, 0.1) is 11.2 Å². The fourth-order valence-electron chi connectivity index (χ4n) is 5.92. The lowest BCUT2D eigenvalue weighted by molar-refractivity contribution is -0.225. The molecular formula is C29H31BF4N2O2. The molecule has 2 saturated heterocycles. The van der Waals surface area contributed by atoms with Crippen molar-refractivity contribution < 1.29 is 26.9 Å². The molecule has 0 N–H and O–H groups in total. The van der Waals surface area contributed by atoms with Crippen molar-refractivity contribution >= 4 is 23.9 Å². The molecule has 0 radical (unpaired) electrons. The lowest BCUT2D eigenvalue weighted by Gasteiger charge is -2.35. The van der Waals surface area contributed by atoms with E-state index in [-0.39, 0.29) is 22.6 Å². The third-order valence-electron chi connectivity index (χ3n) is 8.98. The Labute approximate surface area is 220 Å². The molecular weight excluding hydrogens is 495 g/mol. The molecule has 38 heavy (non-hydrogen) atoms. The molecule has 0 bridgehead atoms. The highest BCUT2D eigenvalue weighted by molar-refractivity contribution is 6.62. The van der Waals surface area contributed by atoms with E-state index in [1.807, 2.05) is 27.7 Å². The van der Waals surface area contributed by atoms with E-state index in [4.69, 9.17) is 9.31 Å².